The van der Waals surface area contributed by atoms with Gasteiger partial charge in [-0.1, -0.05) is 20.8 Å². The molecule has 0 aromatic rings. The first kappa shape index (κ1) is 14.8. The molecular weight excluding hydrogens is 260 g/mol. The fraction of sp³-hybridized carbons (Fsp3) is 0.909. The summed E-state index contributed by atoms with van der Waals surface area (Å²) < 4.78 is 27.6. The number of carbonyl (C=O) groups excluding carboxylic acids is 1. The number of esters is 1. The third-order valence-corrected chi connectivity index (χ3v) is 5.43. The van der Waals surface area contributed by atoms with Gasteiger partial charge >= 0.3 is 5.97 Å². The topological polar surface area (TPSA) is 60.4 Å². The molecule has 0 aliphatic carbocycles. The zero-order valence-electron chi connectivity index (χ0n) is 10.6. The van der Waals surface area contributed by atoms with Crippen LogP contribution in [0.4, 0.5) is 0 Å². The highest BCUT2D eigenvalue weighted by Gasteiger charge is 2.33. The largest absolute Gasteiger partial charge is 0.465 e. The van der Waals surface area contributed by atoms with Crippen LogP contribution in [0.1, 0.15) is 27.2 Å². The predicted molar refractivity (Wildman–Crippen MR) is 69.9 cm³/mol. The first-order valence-corrected chi connectivity index (χ1v) is 8.51. The van der Waals surface area contributed by atoms with Crippen molar-refractivity contribution >= 4 is 27.6 Å². The lowest BCUT2D eigenvalue weighted by atomic mass is 10.1. The van der Waals surface area contributed by atoms with E-state index in [9.17, 15) is 13.2 Å². The summed E-state index contributed by atoms with van der Waals surface area (Å²) in [7, 11) is -3.00. The minimum absolute atomic E-state index is 0.0434. The van der Waals surface area contributed by atoms with Gasteiger partial charge in [0.05, 0.1) is 17.4 Å². The Hall–Kier alpha value is -0.230. The molecule has 17 heavy (non-hydrogen) atoms. The Labute approximate surface area is 107 Å². The molecule has 0 aromatic heterocycles. The summed E-state index contributed by atoms with van der Waals surface area (Å²) in [6.07, 6.45) is 0.410. The molecule has 1 unspecified atom stereocenters. The van der Waals surface area contributed by atoms with Crippen molar-refractivity contribution in [2.75, 3.05) is 23.9 Å². The van der Waals surface area contributed by atoms with Gasteiger partial charge in [0.1, 0.15) is 6.61 Å². The van der Waals surface area contributed by atoms with E-state index in [0.717, 1.165) is 5.75 Å². The van der Waals surface area contributed by atoms with Gasteiger partial charge in [-0.3, -0.25) is 4.79 Å². The molecule has 1 saturated heterocycles. The van der Waals surface area contributed by atoms with Crippen LogP contribution in [-0.2, 0) is 19.4 Å². The second kappa shape index (κ2) is 5.61. The standard InChI is InChI=1S/C11H20O4S2/c1-11(2,3)16-6-5-15-10(12)9-4-7-17(13,14)8-9/h9H,4-8H2,1-3H3. The van der Waals surface area contributed by atoms with E-state index in [-0.39, 0.29) is 22.2 Å². The number of ether oxygens (including phenoxy) is 1. The average molecular weight is 280 g/mol. The van der Waals surface area contributed by atoms with E-state index in [1.54, 1.807) is 11.8 Å². The zero-order valence-corrected chi connectivity index (χ0v) is 12.2. The van der Waals surface area contributed by atoms with Crippen molar-refractivity contribution in [3.63, 3.8) is 0 Å². The van der Waals surface area contributed by atoms with Crippen LogP contribution in [0.15, 0.2) is 0 Å². The Bertz CT molecular complexity index is 367. The third-order valence-electron chi connectivity index (χ3n) is 2.43. The van der Waals surface area contributed by atoms with Crippen LogP contribution >= 0.6 is 11.8 Å². The fourth-order valence-electron chi connectivity index (χ4n) is 1.59. The summed E-state index contributed by atoms with van der Waals surface area (Å²) in [6.45, 7) is 6.66. The van der Waals surface area contributed by atoms with Gasteiger partial charge in [0.2, 0.25) is 0 Å². The summed E-state index contributed by atoms with van der Waals surface area (Å²) in [6, 6.07) is 0. The van der Waals surface area contributed by atoms with Crippen LogP contribution in [0.3, 0.4) is 0 Å². The number of rotatable bonds is 4. The molecule has 0 radical (unpaired) electrons. The molecule has 1 rings (SSSR count). The zero-order chi connectivity index (χ0) is 13.1. The van der Waals surface area contributed by atoms with Gasteiger partial charge in [-0.25, -0.2) is 8.42 Å². The van der Waals surface area contributed by atoms with Gasteiger partial charge in [-0.05, 0) is 6.42 Å². The lowest BCUT2D eigenvalue weighted by Gasteiger charge is -2.17. The Balaban J connectivity index is 2.23. The van der Waals surface area contributed by atoms with Gasteiger partial charge in [0.15, 0.2) is 9.84 Å². The summed E-state index contributed by atoms with van der Waals surface area (Å²) in [4.78, 5) is 11.6. The van der Waals surface area contributed by atoms with Crippen LogP contribution in [0.2, 0.25) is 0 Å². The first-order valence-electron chi connectivity index (χ1n) is 5.71. The summed E-state index contributed by atoms with van der Waals surface area (Å²) >= 11 is 1.72. The molecule has 0 aromatic carbocycles. The van der Waals surface area contributed by atoms with Crippen molar-refractivity contribution in [2.45, 2.75) is 31.9 Å². The molecule has 0 bridgehead atoms. The number of thioether (sulfide) groups is 1. The second-order valence-corrected chi connectivity index (χ2v) is 9.38. The van der Waals surface area contributed by atoms with Gasteiger partial charge < -0.3 is 4.74 Å². The molecule has 0 saturated carbocycles. The minimum Gasteiger partial charge on any atom is -0.465 e. The molecule has 0 spiro atoms. The van der Waals surface area contributed by atoms with Crippen molar-refractivity contribution in [3.05, 3.63) is 0 Å². The van der Waals surface area contributed by atoms with Crippen molar-refractivity contribution in [1.82, 2.24) is 0 Å². The molecule has 4 nitrogen and oxygen atoms in total. The van der Waals surface area contributed by atoms with Gasteiger partial charge in [-0.15, -0.1) is 0 Å². The highest BCUT2D eigenvalue weighted by molar-refractivity contribution is 8.00. The smallest absolute Gasteiger partial charge is 0.310 e. The maximum Gasteiger partial charge on any atom is 0.310 e. The van der Waals surface area contributed by atoms with Crippen molar-refractivity contribution in [2.24, 2.45) is 5.92 Å². The van der Waals surface area contributed by atoms with Crippen LogP contribution in [-0.4, -0.2) is 43.0 Å². The Morgan fingerprint density at radius 2 is 2.06 bits per heavy atom. The molecule has 1 heterocycles. The lowest BCUT2D eigenvalue weighted by molar-refractivity contribution is -0.146. The predicted octanol–water partition coefficient (Wildman–Crippen LogP) is 1.50. The highest BCUT2D eigenvalue weighted by atomic mass is 32.2. The molecule has 100 valence electrons. The van der Waals surface area contributed by atoms with E-state index in [4.69, 9.17) is 4.74 Å². The van der Waals surface area contributed by atoms with Crippen LogP contribution in [0.25, 0.3) is 0 Å². The molecule has 1 aliphatic heterocycles. The highest BCUT2D eigenvalue weighted by Crippen LogP contribution is 2.23. The molecule has 0 amide bonds. The molecule has 0 N–H and O–H groups in total. The third kappa shape index (κ3) is 5.77. The van der Waals surface area contributed by atoms with E-state index in [1.807, 2.05) is 0 Å². The van der Waals surface area contributed by atoms with E-state index < -0.39 is 15.8 Å². The summed E-state index contributed by atoms with van der Waals surface area (Å²) in [5, 5.41) is 0. The molecule has 1 aliphatic rings. The normalized spacial score (nSPS) is 23.6. The summed E-state index contributed by atoms with van der Waals surface area (Å²) in [5.74, 6) is 0.0106. The fourth-order valence-corrected chi connectivity index (χ4v) is 4.09. The van der Waals surface area contributed by atoms with Gasteiger partial charge in [0, 0.05) is 10.5 Å². The van der Waals surface area contributed by atoms with E-state index in [1.165, 1.54) is 0 Å². The van der Waals surface area contributed by atoms with Gasteiger partial charge in [0.25, 0.3) is 0 Å². The number of carbonyl (C=O) groups is 1. The number of hydrogen-bond acceptors (Lipinski definition) is 5. The monoisotopic (exact) mass is 280 g/mol. The van der Waals surface area contributed by atoms with Gasteiger partial charge in [-0.2, -0.15) is 11.8 Å². The maximum absolute atomic E-state index is 11.6. The SMILES string of the molecule is CC(C)(C)SCCOC(=O)C1CCS(=O)(=O)C1. The van der Waals surface area contributed by atoms with Crippen molar-refractivity contribution in [3.8, 4) is 0 Å². The second-order valence-electron chi connectivity index (χ2n) is 5.23. The Morgan fingerprint density at radius 3 is 2.53 bits per heavy atom. The van der Waals surface area contributed by atoms with Crippen LogP contribution in [0, 0.1) is 5.92 Å². The van der Waals surface area contributed by atoms with E-state index >= 15 is 0 Å². The molecular formula is C11H20O4S2. The quantitative estimate of drug-likeness (QED) is 0.577. The molecule has 1 fully saturated rings. The van der Waals surface area contributed by atoms with E-state index in [0.29, 0.717) is 13.0 Å². The number of hydrogen-bond donors (Lipinski definition) is 0. The summed E-state index contributed by atoms with van der Waals surface area (Å²) in [5.41, 5.74) is 0. The first-order chi connectivity index (χ1) is 7.70. The van der Waals surface area contributed by atoms with Crippen molar-refractivity contribution in [1.29, 1.82) is 0 Å². The molecule has 6 heteroatoms. The van der Waals surface area contributed by atoms with Crippen molar-refractivity contribution < 1.29 is 17.9 Å². The van der Waals surface area contributed by atoms with Crippen LogP contribution in [0.5, 0.6) is 0 Å². The molecule has 1 atom stereocenters. The Morgan fingerprint density at radius 1 is 1.41 bits per heavy atom. The Kier molecular flexibility index (Phi) is 4.89. The average Bonchev–Trinajstić information content (AvgIpc) is 2.52. The van der Waals surface area contributed by atoms with E-state index in [2.05, 4.69) is 20.8 Å². The minimum atomic E-state index is -3.00. The number of sulfone groups is 1. The van der Waals surface area contributed by atoms with Crippen LogP contribution < -0.4 is 0 Å². The lowest BCUT2D eigenvalue weighted by Crippen LogP contribution is -2.20. The maximum atomic E-state index is 11.6.